The van der Waals surface area contributed by atoms with Crippen LogP contribution in [0.25, 0.3) is 0 Å². The number of hydrogen-bond acceptors (Lipinski definition) is 3. The fourth-order valence-corrected chi connectivity index (χ4v) is 2.70. The third kappa shape index (κ3) is 5.09. The molecule has 0 radical (unpaired) electrons. The van der Waals surface area contributed by atoms with Crippen LogP contribution in [-0.2, 0) is 9.59 Å². The molecule has 2 rings (SSSR count). The van der Waals surface area contributed by atoms with Gasteiger partial charge in [-0.05, 0) is 64.8 Å². The third-order valence-electron chi connectivity index (χ3n) is 3.39. The van der Waals surface area contributed by atoms with Gasteiger partial charge in [-0.15, -0.1) is 0 Å². The van der Waals surface area contributed by atoms with E-state index < -0.39 is 0 Å². The van der Waals surface area contributed by atoms with Gasteiger partial charge < -0.3 is 15.5 Å². The van der Waals surface area contributed by atoms with Gasteiger partial charge in [-0.1, -0.05) is 6.07 Å². The van der Waals surface area contributed by atoms with Crippen LogP contribution in [0.15, 0.2) is 46.9 Å². The van der Waals surface area contributed by atoms with E-state index in [1.54, 1.807) is 6.07 Å². The van der Waals surface area contributed by atoms with Gasteiger partial charge >= 0.3 is 0 Å². The molecule has 2 N–H and O–H groups in total. The summed E-state index contributed by atoms with van der Waals surface area (Å²) in [5.74, 6) is -0.713. The molecule has 0 aromatic heterocycles. The van der Waals surface area contributed by atoms with Crippen LogP contribution in [0.1, 0.15) is 12.0 Å². The van der Waals surface area contributed by atoms with E-state index in [1.165, 1.54) is 0 Å². The zero-order chi connectivity index (χ0) is 17.7. The van der Waals surface area contributed by atoms with E-state index in [-0.39, 0.29) is 18.2 Å². The highest BCUT2D eigenvalue weighted by Gasteiger charge is 2.11. The summed E-state index contributed by atoms with van der Waals surface area (Å²) in [5, 5.41) is 5.44. The van der Waals surface area contributed by atoms with Gasteiger partial charge in [0.2, 0.25) is 11.8 Å². The highest BCUT2D eigenvalue weighted by molar-refractivity contribution is 9.10. The van der Waals surface area contributed by atoms with Crippen molar-refractivity contribution in [3.8, 4) is 0 Å². The minimum Gasteiger partial charge on any atom is -0.378 e. The molecule has 6 heteroatoms. The average molecular weight is 390 g/mol. The van der Waals surface area contributed by atoms with Gasteiger partial charge in [0.15, 0.2) is 0 Å². The lowest BCUT2D eigenvalue weighted by Crippen LogP contribution is -2.21. The molecule has 2 amide bonds. The van der Waals surface area contributed by atoms with E-state index in [1.807, 2.05) is 62.3 Å². The molecule has 2 aromatic carbocycles. The molecule has 0 aliphatic carbocycles. The largest absolute Gasteiger partial charge is 0.378 e. The summed E-state index contributed by atoms with van der Waals surface area (Å²) in [6, 6.07) is 13.0. The van der Waals surface area contributed by atoms with Crippen LogP contribution < -0.4 is 15.5 Å². The summed E-state index contributed by atoms with van der Waals surface area (Å²) in [5.41, 5.74) is 3.43. The molecule has 0 aliphatic heterocycles. The van der Waals surface area contributed by atoms with Crippen molar-refractivity contribution in [3.05, 3.63) is 52.5 Å². The second-order valence-corrected chi connectivity index (χ2v) is 6.55. The lowest BCUT2D eigenvalue weighted by atomic mass is 10.2. The summed E-state index contributed by atoms with van der Waals surface area (Å²) in [6.07, 6.45) is -0.240. The molecule has 24 heavy (non-hydrogen) atoms. The Morgan fingerprint density at radius 3 is 2.21 bits per heavy atom. The van der Waals surface area contributed by atoms with Gasteiger partial charge in [0.1, 0.15) is 6.42 Å². The minimum absolute atomic E-state index is 0.240. The Kier molecular flexibility index (Phi) is 5.98. The molecule has 2 aromatic rings. The van der Waals surface area contributed by atoms with Crippen LogP contribution in [0, 0.1) is 6.92 Å². The zero-order valence-corrected chi connectivity index (χ0v) is 15.5. The van der Waals surface area contributed by atoms with Crippen molar-refractivity contribution in [3.63, 3.8) is 0 Å². The Bertz CT molecular complexity index is 742. The molecular weight excluding hydrogens is 370 g/mol. The number of carbonyl (C=O) groups is 2. The quantitative estimate of drug-likeness (QED) is 0.764. The van der Waals surface area contributed by atoms with Crippen molar-refractivity contribution in [2.24, 2.45) is 0 Å². The molecule has 0 aliphatic rings. The molecule has 0 heterocycles. The number of carbonyl (C=O) groups excluding carboxylic acids is 2. The van der Waals surface area contributed by atoms with Crippen molar-refractivity contribution >= 4 is 44.8 Å². The standard InChI is InChI=1S/C18H20BrN3O2/c1-12-4-9-16(15(19)10-12)21-18(24)11-17(23)20-13-5-7-14(8-6-13)22(2)3/h4-10H,11H2,1-3H3,(H,20,23)(H,21,24). The molecule has 0 saturated heterocycles. The third-order valence-corrected chi connectivity index (χ3v) is 4.04. The molecule has 0 fully saturated rings. The van der Waals surface area contributed by atoms with Crippen molar-refractivity contribution in [2.45, 2.75) is 13.3 Å². The van der Waals surface area contributed by atoms with Crippen LogP contribution in [0.5, 0.6) is 0 Å². The maximum absolute atomic E-state index is 12.0. The van der Waals surface area contributed by atoms with Crippen LogP contribution in [0.4, 0.5) is 17.1 Å². The van der Waals surface area contributed by atoms with Crippen molar-refractivity contribution in [1.82, 2.24) is 0 Å². The predicted octanol–water partition coefficient (Wildman–Crippen LogP) is 3.79. The van der Waals surface area contributed by atoms with E-state index in [4.69, 9.17) is 0 Å². The SMILES string of the molecule is Cc1ccc(NC(=O)CC(=O)Nc2ccc(N(C)C)cc2)c(Br)c1. The van der Waals surface area contributed by atoms with E-state index in [2.05, 4.69) is 26.6 Å². The van der Waals surface area contributed by atoms with Crippen LogP contribution in [0.2, 0.25) is 0 Å². The first-order valence-electron chi connectivity index (χ1n) is 7.48. The molecule has 0 unspecified atom stereocenters. The predicted molar refractivity (Wildman–Crippen MR) is 102 cm³/mol. The van der Waals surface area contributed by atoms with Crippen LogP contribution in [0.3, 0.4) is 0 Å². The fraction of sp³-hybridized carbons (Fsp3) is 0.222. The number of hydrogen-bond donors (Lipinski definition) is 2. The van der Waals surface area contributed by atoms with Crippen LogP contribution >= 0.6 is 15.9 Å². The van der Waals surface area contributed by atoms with E-state index in [0.717, 1.165) is 15.7 Å². The normalized spacial score (nSPS) is 10.2. The fourth-order valence-electron chi connectivity index (χ4n) is 2.11. The second-order valence-electron chi connectivity index (χ2n) is 5.70. The van der Waals surface area contributed by atoms with Gasteiger partial charge in [0, 0.05) is 29.9 Å². The lowest BCUT2D eigenvalue weighted by molar-refractivity contribution is -0.123. The second kappa shape index (κ2) is 7.97. The number of nitrogens with zero attached hydrogens (tertiary/aromatic N) is 1. The van der Waals surface area contributed by atoms with Crippen molar-refractivity contribution < 1.29 is 9.59 Å². The first kappa shape index (κ1) is 18.0. The number of nitrogens with one attached hydrogen (secondary N) is 2. The molecule has 126 valence electrons. The van der Waals surface area contributed by atoms with Crippen LogP contribution in [-0.4, -0.2) is 25.9 Å². The number of amides is 2. The van der Waals surface area contributed by atoms with Gasteiger partial charge in [-0.2, -0.15) is 0 Å². The smallest absolute Gasteiger partial charge is 0.233 e. The summed E-state index contributed by atoms with van der Waals surface area (Å²) < 4.78 is 0.788. The number of rotatable bonds is 5. The van der Waals surface area contributed by atoms with Gasteiger partial charge in [-0.25, -0.2) is 0 Å². The Hall–Kier alpha value is -2.34. The van der Waals surface area contributed by atoms with E-state index in [9.17, 15) is 9.59 Å². The first-order valence-corrected chi connectivity index (χ1v) is 8.27. The summed E-state index contributed by atoms with van der Waals surface area (Å²) in [4.78, 5) is 25.9. The number of halogens is 1. The van der Waals surface area contributed by atoms with Gasteiger partial charge in [0.25, 0.3) is 0 Å². The van der Waals surface area contributed by atoms with E-state index in [0.29, 0.717) is 11.4 Å². The molecule has 5 nitrogen and oxygen atoms in total. The average Bonchev–Trinajstić information content (AvgIpc) is 2.50. The zero-order valence-electron chi connectivity index (χ0n) is 13.9. The number of anilines is 3. The lowest BCUT2D eigenvalue weighted by Gasteiger charge is -2.13. The Labute approximate surface area is 150 Å². The molecular formula is C18H20BrN3O2. The number of benzene rings is 2. The topological polar surface area (TPSA) is 61.4 Å². The molecule has 0 bridgehead atoms. The Morgan fingerprint density at radius 2 is 1.62 bits per heavy atom. The summed E-state index contributed by atoms with van der Waals surface area (Å²) in [7, 11) is 3.89. The highest BCUT2D eigenvalue weighted by Crippen LogP contribution is 2.23. The van der Waals surface area contributed by atoms with Crippen molar-refractivity contribution in [1.29, 1.82) is 0 Å². The number of aryl methyl sites for hydroxylation is 1. The molecule has 0 saturated carbocycles. The maximum atomic E-state index is 12.0. The summed E-state index contributed by atoms with van der Waals surface area (Å²) >= 11 is 3.39. The van der Waals surface area contributed by atoms with Crippen molar-refractivity contribution in [2.75, 3.05) is 29.6 Å². The highest BCUT2D eigenvalue weighted by atomic mass is 79.9. The van der Waals surface area contributed by atoms with Gasteiger partial charge in [0.05, 0.1) is 5.69 Å². The monoisotopic (exact) mass is 389 g/mol. The molecule has 0 spiro atoms. The van der Waals surface area contributed by atoms with E-state index >= 15 is 0 Å². The summed E-state index contributed by atoms with van der Waals surface area (Å²) in [6.45, 7) is 1.96. The Morgan fingerprint density at radius 1 is 1.00 bits per heavy atom. The maximum Gasteiger partial charge on any atom is 0.233 e. The van der Waals surface area contributed by atoms with Gasteiger partial charge in [-0.3, -0.25) is 9.59 Å². The first-order chi connectivity index (χ1) is 11.3. The Balaban J connectivity index is 1.90. The molecule has 0 atom stereocenters. The minimum atomic E-state index is -0.359.